The molecule has 2 heterocycles. The first-order chi connectivity index (χ1) is 8.08. The smallest absolute Gasteiger partial charge is 0.306 e. The highest BCUT2D eigenvalue weighted by Gasteiger charge is 2.36. The molecule has 6 nitrogen and oxygen atoms in total. The van der Waals surface area contributed by atoms with Gasteiger partial charge in [0.15, 0.2) is 0 Å². The lowest BCUT2D eigenvalue weighted by Crippen LogP contribution is -2.53. The van der Waals surface area contributed by atoms with Gasteiger partial charge in [0.25, 0.3) is 0 Å². The molecule has 0 saturated carbocycles. The maximum absolute atomic E-state index is 11.8. The van der Waals surface area contributed by atoms with E-state index in [9.17, 15) is 9.59 Å². The monoisotopic (exact) mass is 237 g/mol. The van der Waals surface area contributed by atoms with E-state index in [4.69, 9.17) is 5.11 Å². The fraction of sp³-hybridized carbons (Fsp3) is 0.545. The first kappa shape index (κ1) is 11.6. The number of carbonyl (C=O) groups excluding carboxylic acids is 1. The van der Waals surface area contributed by atoms with Crippen LogP contribution in [0.3, 0.4) is 0 Å². The number of hydrogen-bond donors (Lipinski definition) is 2. The van der Waals surface area contributed by atoms with Crippen LogP contribution < -0.4 is 0 Å². The standard InChI is InChI=1S/C11H15N3O3/c1-7(11(16)17)8-5-14(6-8)10(15)4-9-2-3-12-13-9/h2-3,7-8H,4-6H2,1H3,(H,12,13)(H,16,17). The van der Waals surface area contributed by atoms with E-state index in [2.05, 4.69) is 10.2 Å². The zero-order valence-electron chi connectivity index (χ0n) is 9.59. The third-order valence-corrected chi connectivity index (χ3v) is 3.26. The summed E-state index contributed by atoms with van der Waals surface area (Å²) in [6.07, 6.45) is 1.90. The number of nitrogens with one attached hydrogen (secondary N) is 1. The molecule has 1 amide bonds. The highest BCUT2D eigenvalue weighted by Crippen LogP contribution is 2.24. The second kappa shape index (κ2) is 4.57. The Morgan fingerprint density at radius 2 is 2.35 bits per heavy atom. The van der Waals surface area contributed by atoms with Gasteiger partial charge >= 0.3 is 5.97 Å². The highest BCUT2D eigenvalue weighted by atomic mass is 16.4. The van der Waals surface area contributed by atoms with Crippen LogP contribution in [0.4, 0.5) is 0 Å². The molecule has 1 unspecified atom stereocenters. The lowest BCUT2D eigenvalue weighted by molar-refractivity contribution is -0.150. The normalized spacial score (nSPS) is 17.6. The lowest BCUT2D eigenvalue weighted by atomic mass is 9.87. The molecule has 1 aliphatic rings. The minimum atomic E-state index is -0.796. The first-order valence-electron chi connectivity index (χ1n) is 5.56. The zero-order valence-corrected chi connectivity index (χ0v) is 9.59. The third kappa shape index (κ3) is 2.46. The fourth-order valence-corrected chi connectivity index (χ4v) is 1.89. The van der Waals surface area contributed by atoms with Gasteiger partial charge in [-0.1, -0.05) is 6.92 Å². The molecule has 1 fully saturated rings. The average molecular weight is 237 g/mol. The Balaban J connectivity index is 1.80. The van der Waals surface area contributed by atoms with Crippen molar-refractivity contribution in [2.24, 2.45) is 11.8 Å². The van der Waals surface area contributed by atoms with Crippen LogP contribution in [0.1, 0.15) is 12.6 Å². The van der Waals surface area contributed by atoms with Gasteiger partial charge in [0.2, 0.25) is 5.91 Å². The van der Waals surface area contributed by atoms with Gasteiger partial charge in [-0.05, 0) is 6.07 Å². The summed E-state index contributed by atoms with van der Waals surface area (Å²) in [4.78, 5) is 24.2. The number of amides is 1. The van der Waals surface area contributed by atoms with Gasteiger partial charge in [-0.3, -0.25) is 14.7 Å². The molecule has 1 aromatic rings. The summed E-state index contributed by atoms with van der Waals surface area (Å²) in [5, 5.41) is 15.3. The molecule has 0 aromatic carbocycles. The zero-order chi connectivity index (χ0) is 12.4. The number of aromatic amines is 1. The van der Waals surface area contributed by atoms with E-state index in [1.165, 1.54) is 0 Å². The molecule has 1 aromatic heterocycles. The van der Waals surface area contributed by atoms with Crippen molar-refractivity contribution in [3.05, 3.63) is 18.0 Å². The predicted octanol–water partition coefficient (Wildman–Crippen LogP) is 0.131. The van der Waals surface area contributed by atoms with Crippen LogP contribution in [0.2, 0.25) is 0 Å². The third-order valence-electron chi connectivity index (χ3n) is 3.26. The van der Waals surface area contributed by atoms with Crippen molar-refractivity contribution in [3.63, 3.8) is 0 Å². The van der Waals surface area contributed by atoms with Gasteiger partial charge in [-0.15, -0.1) is 0 Å². The predicted molar refractivity (Wildman–Crippen MR) is 59.2 cm³/mol. The van der Waals surface area contributed by atoms with E-state index in [0.29, 0.717) is 19.5 Å². The van der Waals surface area contributed by atoms with E-state index in [-0.39, 0.29) is 17.7 Å². The van der Waals surface area contributed by atoms with Crippen molar-refractivity contribution in [1.29, 1.82) is 0 Å². The molecule has 2 rings (SSSR count). The average Bonchev–Trinajstić information content (AvgIpc) is 2.67. The van der Waals surface area contributed by atoms with Gasteiger partial charge in [-0.2, -0.15) is 5.10 Å². The number of rotatable bonds is 4. The van der Waals surface area contributed by atoms with Crippen molar-refractivity contribution in [3.8, 4) is 0 Å². The van der Waals surface area contributed by atoms with Crippen LogP contribution in [-0.2, 0) is 16.0 Å². The van der Waals surface area contributed by atoms with Crippen molar-refractivity contribution in [2.45, 2.75) is 13.3 Å². The van der Waals surface area contributed by atoms with Crippen molar-refractivity contribution >= 4 is 11.9 Å². The van der Waals surface area contributed by atoms with E-state index < -0.39 is 5.97 Å². The topological polar surface area (TPSA) is 86.3 Å². The van der Waals surface area contributed by atoms with E-state index in [1.54, 1.807) is 24.1 Å². The van der Waals surface area contributed by atoms with E-state index in [0.717, 1.165) is 5.69 Å². The van der Waals surface area contributed by atoms with Gasteiger partial charge in [0.05, 0.1) is 12.3 Å². The van der Waals surface area contributed by atoms with Gasteiger partial charge in [-0.25, -0.2) is 0 Å². The van der Waals surface area contributed by atoms with Crippen molar-refractivity contribution < 1.29 is 14.7 Å². The number of hydrogen-bond acceptors (Lipinski definition) is 3. The van der Waals surface area contributed by atoms with Gasteiger partial charge < -0.3 is 10.0 Å². The van der Waals surface area contributed by atoms with E-state index >= 15 is 0 Å². The van der Waals surface area contributed by atoms with Crippen LogP contribution in [0.25, 0.3) is 0 Å². The van der Waals surface area contributed by atoms with Crippen LogP contribution in [0.15, 0.2) is 12.3 Å². The summed E-state index contributed by atoms with van der Waals surface area (Å²) in [6, 6.07) is 1.76. The van der Waals surface area contributed by atoms with Gasteiger partial charge in [0.1, 0.15) is 0 Å². The summed E-state index contributed by atoms with van der Waals surface area (Å²) >= 11 is 0. The summed E-state index contributed by atoms with van der Waals surface area (Å²) < 4.78 is 0. The molecule has 92 valence electrons. The highest BCUT2D eigenvalue weighted by molar-refractivity contribution is 5.79. The molecule has 2 N–H and O–H groups in total. The Morgan fingerprint density at radius 3 is 2.88 bits per heavy atom. The molecule has 1 aliphatic heterocycles. The number of aliphatic carboxylic acids is 1. The fourth-order valence-electron chi connectivity index (χ4n) is 1.89. The number of carboxylic acid groups (broad SMARTS) is 1. The molecule has 0 bridgehead atoms. The number of carbonyl (C=O) groups is 2. The minimum Gasteiger partial charge on any atom is -0.481 e. The van der Waals surface area contributed by atoms with Crippen LogP contribution in [0, 0.1) is 11.8 Å². The Morgan fingerprint density at radius 1 is 1.65 bits per heavy atom. The number of likely N-dealkylation sites (tertiary alicyclic amines) is 1. The molecule has 17 heavy (non-hydrogen) atoms. The second-order valence-corrected chi connectivity index (χ2v) is 4.44. The van der Waals surface area contributed by atoms with Crippen LogP contribution in [-0.4, -0.2) is 45.2 Å². The number of nitrogens with zero attached hydrogens (tertiary/aromatic N) is 2. The molecular formula is C11H15N3O3. The molecule has 1 atom stereocenters. The maximum Gasteiger partial charge on any atom is 0.306 e. The summed E-state index contributed by atoms with van der Waals surface area (Å²) in [5.41, 5.74) is 0.782. The molecule has 0 radical (unpaired) electrons. The van der Waals surface area contributed by atoms with Crippen molar-refractivity contribution in [2.75, 3.05) is 13.1 Å². The maximum atomic E-state index is 11.8. The first-order valence-corrected chi connectivity index (χ1v) is 5.56. The molecule has 0 spiro atoms. The molecule has 0 aliphatic carbocycles. The number of carboxylic acids is 1. The van der Waals surface area contributed by atoms with E-state index in [1.807, 2.05) is 0 Å². The Labute approximate surface area is 98.6 Å². The minimum absolute atomic E-state index is 0.0167. The summed E-state index contributed by atoms with van der Waals surface area (Å²) in [5.74, 6) is -1.08. The molecular weight excluding hydrogens is 222 g/mol. The lowest BCUT2D eigenvalue weighted by Gasteiger charge is -2.41. The van der Waals surface area contributed by atoms with Crippen molar-refractivity contribution in [1.82, 2.24) is 15.1 Å². The molecule has 1 saturated heterocycles. The summed E-state index contributed by atoms with van der Waals surface area (Å²) in [7, 11) is 0. The largest absolute Gasteiger partial charge is 0.481 e. The van der Waals surface area contributed by atoms with Crippen LogP contribution >= 0.6 is 0 Å². The Bertz CT molecular complexity index is 410. The SMILES string of the molecule is CC(C(=O)O)C1CN(C(=O)Cc2ccn[nH]2)C1. The quantitative estimate of drug-likeness (QED) is 0.779. The second-order valence-electron chi connectivity index (χ2n) is 4.44. The summed E-state index contributed by atoms with van der Waals surface area (Å²) in [6.45, 7) is 2.77. The number of H-pyrrole nitrogens is 1. The van der Waals surface area contributed by atoms with Crippen LogP contribution in [0.5, 0.6) is 0 Å². The number of aromatic nitrogens is 2. The Kier molecular flexibility index (Phi) is 3.12. The molecule has 6 heteroatoms. The van der Waals surface area contributed by atoms with Gasteiger partial charge in [0, 0.05) is 30.9 Å². The Hall–Kier alpha value is -1.85.